The van der Waals surface area contributed by atoms with Crippen molar-refractivity contribution in [1.29, 1.82) is 0 Å². The number of carbonyl (C=O) groups excluding carboxylic acids is 2. The van der Waals surface area contributed by atoms with Crippen LogP contribution in [0.1, 0.15) is 64.7 Å². The molecule has 0 atom stereocenters. The van der Waals surface area contributed by atoms with Gasteiger partial charge in [-0.3, -0.25) is 9.59 Å². The van der Waals surface area contributed by atoms with Crippen LogP contribution in [0.3, 0.4) is 0 Å². The molecule has 0 fully saturated rings. The number of thiol groups is 1. The zero-order valence-corrected chi connectivity index (χ0v) is 13.6. The highest BCUT2D eigenvalue weighted by Gasteiger charge is 2.01. The van der Waals surface area contributed by atoms with Gasteiger partial charge in [-0.1, -0.05) is 32.6 Å². The normalized spacial score (nSPS) is 10.3. The van der Waals surface area contributed by atoms with Crippen LogP contribution in [-0.2, 0) is 9.59 Å². The van der Waals surface area contributed by atoms with Crippen molar-refractivity contribution in [2.24, 2.45) is 0 Å². The summed E-state index contributed by atoms with van der Waals surface area (Å²) in [7, 11) is 0. The molecule has 2 N–H and O–H groups in total. The van der Waals surface area contributed by atoms with Crippen molar-refractivity contribution in [1.82, 2.24) is 10.6 Å². The third-order valence-corrected chi connectivity index (χ3v) is 3.32. The third kappa shape index (κ3) is 13.7. The lowest BCUT2D eigenvalue weighted by Gasteiger charge is -2.06. The lowest BCUT2D eigenvalue weighted by atomic mass is 10.1. The van der Waals surface area contributed by atoms with Gasteiger partial charge in [0.25, 0.3) is 0 Å². The molecule has 0 unspecified atom stereocenters. The van der Waals surface area contributed by atoms with Gasteiger partial charge in [0, 0.05) is 25.9 Å². The van der Waals surface area contributed by atoms with Gasteiger partial charge in [-0.2, -0.15) is 12.6 Å². The highest BCUT2D eigenvalue weighted by Crippen LogP contribution is 2.00. The fourth-order valence-corrected chi connectivity index (χ4v) is 2.08. The topological polar surface area (TPSA) is 58.2 Å². The minimum Gasteiger partial charge on any atom is -0.356 e. The van der Waals surface area contributed by atoms with Gasteiger partial charge in [-0.15, -0.1) is 0 Å². The zero-order chi connectivity index (χ0) is 15.1. The van der Waals surface area contributed by atoms with E-state index < -0.39 is 0 Å². The van der Waals surface area contributed by atoms with E-state index in [1.54, 1.807) is 0 Å². The summed E-state index contributed by atoms with van der Waals surface area (Å²) in [6.07, 6.45) is 8.62. The van der Waals surface area contributed by atoms with Crippen LogP contribution in [0.15, 0.2) is 0 Å². The second-order valence-corrected chi connectivity index (χ2v) is 5.49. The highest BCUT2D eigenvalue weighted by molar-refractivity contribution is 7.80. The van der Waals surface area contributed by atoms with Gasteiger partial charge in [0.2, 0.25) is 11.8 Å². The van der Waals surface area contributed by atoms with Crippen molar-refractivity contribution < 1.29 is 9.59 Å². The van der Waals surface area contributed by atoms with E-state index in [9.17, 15) is 9.59 Å². The van der Waals surface area contributed by atoms with Gasteiger partial charge in [0.1, 0.15) is 0 Å². The summed E-state index contributed by atoms with van der Waals surface area (Å²) < 4.78 is 0. The molecule has 0 aliphatic heterocycles. The number of nitrogens with one attached hydrogen (secondary N) is 2. The highest BCUT2D eigenvalue weighted by atomic mass is 32.1. The summed E-state index contributed by atoms with van der Waals surface area (Å²) in [4.78, 5) is 22.7. The van der Waals surface area contributed by atoms with Gasteiger partial charge in [-0.05, 0) is 25.0 Å². The van der Waals surface area contributed by atoms with Crippen LogP contribution in [0.4, 0.5) is 0 Å². The van der Waals surface area contributed by atoms with E-state index in [-0.39, 0.29) is 11.8 Å². The molecule has 0 aromatic heterocycles. The Morgan fingerprint density at radius 1 is 0.800 bits per heavy atom. The maximum absolute atomic E-state index is 11.5. The van der Waals surface area contributed by atoms with Crippen LogP contribution in [-0.4, -0.2) is 30.7 Å². The van der Waals surface area contributed by atoms with Crippen LogP contribution >= 0.6 is 12.6 Å². The van der Waals surface area contributed by atoms with Crippen molar-refractivity contribution in [2.75, 3.05) is 18.8 Å². The predicted octanol–water partition coefficient (Wildman–Crippen LogP) is 2.68. The molecular weight excluding hydrogens is 272 g/mol. The Hall–Kier alpha value is -0.710. The van der Waals surface area contributed by atoms with Gasteiger partial charge in [-0.25, -0.2) is 0 Å². The largest absolute Gasteiger partial charge is 0.356 e. The molecule has 0 aliphatic rings. The van der Waals surface area contributed by atoms with Crippen LogP contribution in [0, 0.1) is 0 Å². The average molecular weight is 302 g/mol. The van der Waals surface area contributed by atoms with Crippen LogP contribution in [0.25, 0.3) is 0 Å². The zero-order valence-electron chi connectivity index (χ0n) is 12.7. The first-order valence-corrected chi connectivity index (χ1v) is 8.48. The number of carbonyl (C=O) groups is 2. The first-order chi connectivity index (χ1) is 9.70. The SMILES string of the molecule is CCCCCCNC(=O)CCCCCNC(=O)CCS. The number of unbranched alkanes of at least 4 members (excludes halogenated alkanes) is 5. The summed E-state index contributed by atoms with van der Waals surface area (Å²) >= 11 is 4.00. The molecule has 118 valence electrons. The lowest BCUT2D eigenvalue weighted by Crippen LogP contribution is -2.25. The Morgan fingerprint density at radius 3 is 1.90 bits per heavy atom. The minimum absolute atomic E-state index is 0.0600. The summed E-state index contributed by atoms with van der Waals surface area (Å²) in [5.41, 5.74) is 0. The van der Waals surface area contributed by atoms with E-state index >= 15 is 0 Å². The molecule has 0 saturated heterocycles. The Labute approximate surface area is 128 Å². The monoisotopic (exact) mass is 302 g/mol. The minimum atomic E-state index is 0.0600. The van der Waals surface area contributed by atoms with E-state index in [0.29, 0.717) is 25.1 Å². The van der Waals surface area contributed by atoms with E-state index in [1.807, 2.05) is 0 Å². The Morgan fingerprint density at radius 2 is 1.35 bits per heavy atom. The Kier molecular flexibility index (Phi) is 14.2. The Balaban J connectivity index is 3.25. The van der Waals surface area contributed by atoms with Gasteiger partial charge < -0.3 is 10.6 Å². The summed E-state index contributed by atoms with van der Waals surface area (Å²) in [5.74, 6) is 0.801. The second kappa shape index (κ2) is 14.7. The molecule has 0 radical (unpaired) electrons. The molecule has 0 rings (SSSR count). The maximum atomic E-state index is 11.5. The molecule has 2 amide bonds. The first-order valence-electron chi connectivity index (χ1n) is 7.85. The van der Waals surface area contributed by atoms with E-state index in [4.69, 9.17) is 0 Å². The van der Waals surface area contributed by atoms with Crippen LogP contribution < -0.4 is 10.6 Å². The quantitative estimate of drug-likeness (QED) is 0.362. The molecule has 0 aromatic carbocycles. The molecule has 0 spiro atoms. The van der Waals surface area contributed by atoms with Crippen molar-refractivity contribution in [2.45, 2.75) is 64.7 Å². The number of rotatable bonds is 13. The van der Waals surface area contributed by atoms with Gasteiger partial charge >= 0.3 is 0 Å². The standard InChI is InChI=1S/C15H30N2O2S/c1-2-3-4-7-11-16-14(18)9-6-5-8-12-17-15(19)10-13-20/h20H,2-13H2,1H3,(H,16,18)(H,17,19). The molecule has 0 saturated carbocycles. The Bertz CT molecular complexity index is 260. The smallest absolute Gasteiger partial charge is 0.220 e. The van der Waals surface area contributed by atoms with Gasteiger partial charge in [0.05, 0.1) is 0 Å². The second-order valence-electron chi connectivity index (χ2n) is 5.04. The molecule has 0 aromatic rings. The molecule has 0 heterocycles. The van der Waals surface area contributed by atoms with Crippen molar-refractivity contribution >= 4 is 24.4 Å². The van der Waals surface area contributed by atoms with Gasteiger partial charge in [0.15, 0.2) is 0 Å². The van der Waals surface area contributed by atoms with Crippen molar-refractivity contribution in [3.63, 3.8) is 0 Å². The first kappa shape index (κ1) is 19.3. The average Bonchev–Trinajstić information content (AvgIpc) is 2.42. The predicted molar refractivity (Wildman–Crippen MR) is 87.1 cm³/mol. The van der Waals surface area contributed by atoms with Crippen molar-refractivity contribution in [3.05, 3.63) is 0 Å². The maximum Gasteiger partial charge on any atom is 0.220 e. The molecule has 4 nitrogen and oxygen atoms in total. The fourth-order valence-electron chi connectivity index (χ4n) is 1.87. The van der Waals surface area contributed by atoms with E-state index in [0.717, 1.165) is 32.2 Å². The fraction of sp³-hybridized carbons (Fsp3) is 0.867. The van der Waals surface area contributed by atoms with Crippen LogP contribution in [0.2, 0.25) is 0 Å². The number of amides is 2. The van der Waals surface area contributed by atoms with E-state index in [2.05, 4.69) is 30.2 Å². The van der Waals surface area contributed by atoms with E-state index in [1.165, 1.54) is 19.3 Å². The summed E-state index contributed by atoms with van der Waals surface area (Å²) in [6.45, 7) is 3.68. The molecule has 0 bridgehead atoms. The molecule has 0 aliphatic carbocycles. The van der Waals surface area contributed by atoms with Crippen LogP contribution in [0.5, 0.6) is 0 Å². The lowest BCUT2D eigenvalue weighted by molar-refractivity contribution is -0.122. The van der Waals surface area contributed by atoms with Crippen molar-refractivity contribution in [3.8, 4) is 0 Å². The third-order valence-electron chi connectivity index (χ3n) is 3.09. The molecule has 5 heteroatoms. The summed E-state index contributed by atoms with van der Waals surface area (Å²) in [6, 6.07) is 0. The number of hydrogen-bond acceptors (Lipinski definition) is 3. The molecular formula is C15H30N2O2S. The number of hydrogen-bond donors (Lipinski definition) is 3. The summed E-state index contributed by atoms with van der Waals surface area (Å²) in [5, 5.41) is 5.79. The molecule has 20 heavy (non-hydrogen) atoms.